The van der Waals surface area contributed by atoms with Crippen molar-refractivity contribution in [3.8, 4) is 0 Å². The lowest BCUT2D eigenvalue weighted by molar-refractivity contribution is -0.125. The molecule has 2 saturated heterocycles. The number of hydrogen-bond acceptors (Lipinski definition) is 9. The van der Waals surface area contributed by atoms with E-state index < -0.39 is 15.4 Å². The lowest BCUT2D eigenvalue weighted by Crippen LogP contribution is -2.59. The Hall–Kier alpha value is -2.70. The van der Waals surface area contributed by atoms with Crippen LogP contribution in [0.15, 0.2) is 29.6 Å². The van der Waals surface area contributed by atoms with Crippen molar-refractivity contribution in [3.05, 3.63) is 35.3 Å². The number of nitrogens with zero attached hydrogens (tertiary/aromatic N) is 2. The fourth-order valence-corrected chi connectivity index (χ4v) is 6.70. The SMILES string of the molecule is CNC1(C(N)=O)CCN(c2ccccc2NC(=O)c2csc(NC3CCS(=O)(=O)CC3)n2)CC1. The fraction of sp³-hybridized carbons (Fsp3) is 0.500. The van der Waals surface area contributed by atoms with Crippen LogP contribution in [0.3, 0.4) is 0 Å². The maximum absolute atomic E-state index is 12.9. The Bertz CT molecular complexity index is 1140. The lowest BCUT2D eigenvalue weighted by Gasteiger charge is -2.41. The van der Waals surface area contributed by atoms with E-state index in [2.05, 4.69) is 25.8 Å². The van der Waals surface area contributed by atoms with Crippen molar-refractivity contribution in [1.82, 2.24) is 10.3 Å². The number of anilines is 3. The molecule has 12 heteroatoms. The van der Waals surface area contributed by atoms with Crippen LogP contribution in [-0.2, 0) is 14.6 Å². The van der Waals surface area contributed by atoms with E-state index in [4.69, 9.17) is 5.73 Å². The monoisotopic (exact) mass is 506 g/mol. The summed E-state index contributed by atoms with van der Waals surface area (Å²) in [5.41, 5.74) is 6.75. The highest BCUT2D eigenvalue weighted by atomic mass is 32.2. The molecule has 0 aliphatic carbocycles. The Balaban J connectivity index is 1.40. The predicted octanol–water partition coefficient (Wildman–Crippen LogP) is 1.43. The molecule has 0 atom stereocenters. The highest BCUT2D eigenvalue weighted by molar-refractivity contribution is 7.91. The highest BCUT2D eigenvalue weighted by Gasteiger charge is 2.38. The number of rotatable bonds is 7. The van der Waals surface area contributed by atoms with Crippen LogP contribution in [0, 0.1) is 0 Å². The Kier molecular flexibility index (Phi) is 7.10. The van der Waals surface area contributed by atoms with E-state index in [1.54, 1.807) is 12.4 Å². The van der Waals surface area contributed by atoms with Gasteiger partial charge in [-0.05, 0) is 44.9 Å². The quantitative estimate of drug-likeness (QED) is 0.441. The average molecular weight is 507 g/mol. The molecule has 2 aliphatic heterocycles. The molecule has 0 radical (unpaired) electrons. The van der Waals surface area contributed by atoms with Crippen molar-refractivity contribution in [2.45, 2.75) is 37.3 Å². The number of likely N-dealkylation sites (N-methyl/N-ethyl adjacent to an activating group) is 1. The van der Waals surface area contributed by atoms with Crippen LogP contribution in [0.4, 0.5) is 16.5 Å². The number of thiazole rings is 1. The minimum absolute atomic E-state index is 0.0375. The van der Waals surface area contributed by atoms with E-state index in [9.17, 15) is 18.0 Å². The molecule has 10 nitrogen and oxygen atoms in total. The Morgan fingerprint density at radius 1 is 1.18 bits per heavy atom. The molecule has 0 unspecified atom stereocenters. The van der Waals surface area contributed by atoms with Gasteiger partial charge in [-0.1, -0.05) is 12.1 Å². The molecule has 2 amide bonds. The number of carbonyl (C=O) groups is 2. The highest BCUT2D eigenvalue weighted by Crippen LogP contribution is 2.32. The second-order valence-corrected chi connectivity index (χ2v) is 11.9. The first-order chi connectivity index (χ1) is 16.2. The maximum Gasteiger partial charge on any atom is 0.275 e. The summed E-state index contributed by atoms with van der Waals surface area (Å²) >= 11 is 1.33. The number of amides is 2. The number of carbonyl (C=O) groups excluding carboxylic acids is 2. The molecule has 5 N–H and O–H groups in total. The molecule has 0 bridgehead atoms. The standard InChI is InChI=1S/C22H30N6O4S2/c1-24-22(20(23)30)8-10-28(11-9-22)18-5-3-2-4-16(18)26-19(29)17-14-33-21(27-17)25-15-6-12-34(31,32)13-7-15/h2-5,14-15,24H,6-13H2,1H3,(H2,23,30)(H,25,27)(H,26,29). The zero-order valence-corrected chi connectivity index (χ0v) is 20.7. The minimum Gasteiger partial charge on any atom is -0.370 e. The summed E-state index contributed by atoms with van der Waals surface area (Å²) < 4.78 is 23.2. The van der Waals surface area contributed by atoms with Crippen LogP contribution >= 0.6 is 11.3 Å². The molecule has 1 aromatic heterocycles. The fourth-order valence-electron chi connectivity index (χ4n) is 4.44. The largest absolute Gasteiger partial charge is 0.370 e. The van der Waals surface area contributed by atoms with E-state index in [-0.39, 0.29) is 29.4 Å². The summed E-state index contributed by atoms with van der Waals surface area (Å²) in [5, 5.41) is 11.6. The number of nitrogens with two attached hydrogens (primary N) is 1. The summed E-state index contributed by atoms with van der Waals surface area (Å²) in [6.45, 7) is 1.25. The summed E-state index contributed by atoms with van der Waals surface area (Å²) in [7, 11) is -1.18. The molecule has 0 saturated carbocycles. The molecule has 2 aromatic rings. The van der Waals surface area contributed by atoms with E-state index >= 15 is 0 Å². The van der Waals surface area contributed by atoms with E-state index in [0.29, 0.717) is 55.3 Å². The Labute approximate surface area is 203 Å². The molecule has 1 aromatic carbocycles. The van der Waals surface area contributed by atoms with Crippen LogP contribution in [0.1, 0.15) is 36.2 Å². The molecule has 0 spiro atoms. The van der Waals surface area contributed by atoms with Gasteiger partial charge in [0, 0.05) is 24.5 Å². The van der Waals surface area contributed by atoms with Gasteiger partial charge < -0.3 is 26.6 Å². The van der Waals surface area contributed by atoms with Crippen LogP contribution in [0.25, 0.3) is 0 Å². The molecule has 2 fully saturated rings. The Morgan fingerprint density at radius 3 is 2.50 bits per heavy atom. The van der Waals surface area contributed by atoms with Crippen molar-refractivity contribution in [1.29, 1.82) is 0 Å². The summed E-state index contributed by atoms with van der Waals surface area (Å²) in [6.07, 6.45) is 2.23. The molecule has 184 valence electrons. The smallest absolute Gasteiger partial charge is 0.275 e. The van der Waals surface area contributed by atoms with Crippen molar-refractivity contribution in [3.63, 3.8) is 0 Å². The van der Waals surface area contributed by atoms with Crippen LogP contribution in [0.5, 0.6) is 0 Å². The number of para-hydroxylation sites is 2. The van der Waals surface area contributed by atoms with Gasteiger partial charge >= 0.3 is 0 Å². The first kappa shape index (κ1) is 24.4. The van der Waals surface area contributed by atoms with Gasteiger partial charge in [0.25, 0.3) is 5.91 Å². The van der Waals surface area contributed by atoms with E-state index in [0.717, 1.165) is 5.69 Å². The van der Waals surface area contributed by atoms with Crippen molar-refractivity contribution in [2.75, 3.05) is 47.2 Å². The number of piperidine rings is 1. The molecular formula is C22H30N6O4S2. The van der Waals surface area contributed by atoms with Gasteiger partial charge in [-0.3, -0.25) is 9.59 Å². The summed E-state index contributed by atoms with van der Waals surface area (Å²) in [5.74, 6) is -0.322. The molecular weight excluding hydrogens is 476 g/mol. The first-order valence-corrected chi connectivity index (χ1v) is 14.0. The third kappa shape index (κ3) is 5.34. The lowest BCUT2D eigenvalue weighted by atomic mass is 9.86. The summed E-state index contributed by atoms with van der Waals surface area (Å²) in [4.78, 5) is 31.4. The third-order valence-electron chi connectivity index (χ3n) is 6.68. The van der Waals surface area contributed by atoms with Gasteiger partial charge in [0.05, 0.1) is 22.9 Å². The van der Waals surface area contributed by atoms with Gasteiger partial charge in [-0.15, -0.1) is 11.3 Å². The zero-order valence-electron chi connectivity index (χ0n) is 19.0. The van der Waals surface area contributed by atoms with E-state index in [1.807, 2.05) is 24.3 Å². The molecule has 4 rings (SSSR count). The summed E-state index contributed by atoms with van der Waals surface area (Å²) in [6, 6.07) is 7.59. The number of sulfone groups is 1. The first-order valence-electron chi connectivity index (χ1n) is 11.3. The van der Waals surface area contributed by atoms with Gasteiger partial charge in [0.2, 0.25) is 5.91 Å². The topological polar surface area (TPSA) is 147 Å². The zero-order chi connectivity index (χ0) is 24.3. The van der Waals surface area contributed by atoms with Gasteiger partial charge in [0.15, 0.2) is 5.13 Å². The number of primary amides is 1. The second kappa shape index (κ2) is 9.88. The Morgan fingerprint density at radius 2 is 1.85 bits per heavy atom. The van der Waals surface area contributed by atoms with Crippen molar-refractivity contribution < 1.29 is 18.0 Å². The normalized spacial score (nSPS) is 20.0. The van der Waals surface area contributed by atoms with Gasteiger partial charge in [-0.25, -0.2) is 13.4 Å². The van der Waals surface area contributed by atoms with Crippen molar-refractivity contribution in [2.24, 2.45) is 5.73 Å². The third-order valence-corrected chi connectivity index (χ3v) is 9.17. The number of hydrogen-bond donors (Lipinski definition) is 4. The second-order valence-electron chi connectivity index (χ2n) is 8.76. The van der Waals surface area contributed by atoms with Crippen LogP contribution < -0.4 is 26.6 Å². The van der Waals surface area contributed by atoms with Crippen LogP contribution in [0.2, 0.25) is 0 Å². The van der Waals surface area contributed by atoms with Gasteiger partial charge in [0.1, 0.15) is 21.1 Å². The van der Waals surface area contributed by atoms with Gasteiger partial charge in [-0.2, -0.15) is 0 Å². The minimum atomic E-state index is -2.93. The molecule has 34 heavy (non-hydrogen) atoms. The van der Waals surface area contributed by atoms with Crippen LogP contribution in [-0.4, -0.2) is 68.4 Å². The predicted molar refractivity (Wildman–Crippen MR) is 134 cm³/mol. The van der Waals surface area contributed by atoms with E-state index in [1.165, 1.54) is 11.3 Å². The average Bonchev–Trinajstić information content (AvgIpc) is 3.29. The number of nitrogens with one attached hydrogen (secondary N) is 3. The molecule has 3 heterocycles. The maximum atomic E-state index is 12.9. The van der Waals surface area contributed by atoms with Crippen molar-refractivity contribution >= 4 is 49.5 Å². The number of aromatic nitrogens is 1. The molecule has 2 aliphatic rings. The number of benzene rings is 1.